The Labute approximate surface area is 206 Å². The molecule has 0 aliphatic rings. The zero-order chi connectivity index (χ0) is 23.5. The fourth-order valence-electron chi connectivity index (χ4n) is 3.72. The van der Waals surface area contributed by atoms with Crippen LogP contribution in [0.3, 0.4) is 0 Å². The van der Waals surface area contributed by atoms with Crippen LogP contribution in [0.2, 0.25) is 5.02 Å². The molecule has 0 amide bonds. The van der Waals surface area contributed by atoms with E-state index in [0.717, 1.165) is 37.9 Å². The molecule has 0 atom stereocenters. The first-order valence-electron chi connectivity index (χ1n) is 10.8. The summed E-state index contributed by atoms with van der Waals surface area (Å²) in [5.74, 6) is 0.727. The van der Waals surface area contributed by atoms with Crippen molar-refractivity contribution in [3.05, 3.63) is 100 Å². The number of carbonyl (C=O) groups excluding carboxylic acids is 1. The van der Waals surface area contributed by atoms with Crippen molar-refractivity contribution in [3.63, 3.8) is 0 Å². The second-order valence-corrected chi connectivity index (χ2v) is 8.94. The predicted molar refractivity (Wildman–Crippen MR) is 141 cm³/mol. The van der Waals surface area contributed by atoms with Gasteiger partial charge in [0, 0.05) is 21.9 Å². The Morgan fingerprint density at radius 1 is 0.941 bits per heavy atom. The third-order valence-corrected chi connectivity index (χ3v) is 7.00. The summed E-state index contributed by atoms with van der Waals surface area (Å²) in [6.07, 6.45) is 1.73. The molecule has 0 fully saturated rings. The number of nitrogens with zero attached hydrogens (tertiary/aromatic N) is 1. The van der Waals surface area contributed by atoms with Gasteiger partial charge in [-0.2, -0.15) is 0 Å². The summed E-state index contributed by atoms with van der Waals surface area (Å²) in [5, 5.41) is 3.22. The molecule has 5 rings (SSSR count). The van der Waals surface area contributed by atoms with Crippen LogP contribution in [-0.4, -0.2) is 18.8 Å². The average molecular weight is 486 g/mol. The summed E-state index contributed by atoms with van der Waals surface area (Å²) in [7, 11) is 0. The fourth-order valence-corrected chi connectivity index (χ4v) is 5.11. The second kappa shape index (κ2) is 9.67. The van der Waals surface area contributed by atoms with Gasteiger partial charge in [0.2, 0.25) is 0 Å². The molecule has 4 nitrogen and oxygen atoms in total. The molecule has 34 heavy (non-hydrogen) atoms. The lowest BCUT2D eigenvalue weighted by atomic mass is 10.0. The number of rotatable bonds is 6. The van der Waals surface area contributed by atoms with E-state index in [2.05, 4.69) is 4.99 Å². The van der Waals surface area contributed by atoms with Crippen molar-refractivity contribution in [1.82, 2.24) is 0 Å². The van der Waals surface area contributed by atoms with E-state index in [9.17, 15) is 4.79 Å². The van der Waals surface area contributed by atoms with Gasteiger partial charge in [0.05, 0.1) is 17.3 Å². The largest absolute Gasteiger partial charge is 0.494 e. The van der Waals surface area contributed by atoms with Gasteiger partial charge in [0.15, 0.2) is 0 Å². The minimum atomic E-state index is -0.489. The molecule has 0 unspecified atom stereocenters. The van der Waals surface area contributed by atoms with Gasteiger partial charge in [-0.15, -0.1) is 11.3 Å². The van der Waals surface area contributed by atoms with Gasteiger partial charge in [-0.1, -0.05) is 60.1 Å². The predicted octanol–water partition coefficient (Wildman–Crippen LogP) is 8.08. The molecule has 6 heteroatoms. The van der Waals surface area contributed by atoms with Crippen LogP contribution in [0.5, 0.6) is 11.5 Å². The van der Waals surface area contributed by atoms with E-state index in [-0.39, 0.29) is 0 Å². The van der Waals surface area contributed by atoms with Crippen molar-refractivity contribution in [2.45, 2.75) is 6.92 Å². The summed E-state index contributed by atoms with van der Waals surface area (Å²) in [5.41, 5.74) is 1.48. The Bertz CT molecular complexity index is 1520. The van der Waals surface area contributed by atoms with Gasteiger partial charge < -0.3 is 9.47 Å². The number of hydrogen-bond acceptors (Lipinski definition) is 5. The van der Waals surface area contributed by atoms with Gasteiger partial charge in [0.25, 0.3) is 0 Å². The van der Waals surface area contributed by atoms with Crippen molar-refractivity contribution in [1.29, 1.82) is 0 Å². The molecule has 0 saturated heterocycles. The van der Waals surface area contributed by atoms with Crippen LogP contribution >= 0.6 is 22.9 Å². The van der Waals surface area contributed by atoms with Gasteiger partial charge >= 0.3 is 5.97 Å². The molecule has 0 radical (unpaired) electrons. The molecule has 0 saturated carbocycles. The maximum absolute atomic E-state index is 13.1. The van der Waals surface area contributed by atoms with Crippen molar-refractivity contribution < 1.29 is 14.3 Å². The molecule has 0 aliphatic carbocycles. The molecule has 4 aromatic carbocycles. The van der Waals surface area contributed by atoms with Crippen LogP contribution in [-0.2, 0) is 0 Å². The van der Waals surface area contributed by atoms with E-state index >= 15 is 0 Å². The van der Waals surface area contributed by atoms with Gasteiger partial charge in [0.1, 0.15) is 16.4 Å². The van der Waals surface area contributed by atoms with Crippen LogP contribution < -0.4 is 9.47 Å². The lowest BCUT2D eigenvalue weighted by Gasteiger charge is -2.10. The number of thiophene rings is 1. The Morgan fingerprint density at radius 2 is 1.68 bits per heavy atom. The topological polar surface area (TPSA) is 47.9 Å². The molecule has 168 valence electrons. The first-order valence-corrected chi connectivity index (χ1v) is 12.0. The van der Waals surface area contributed by atoms with Crippen molar-refractivity contribution >= 4 is 61.7 Å². The summed E-state index contributed by atoms with van der Waals surface area (Å²) in [6, 6.07) is 26.8. The van der Waals surface area contributed by atoms with Crippen LogP contribution in [0.15, 0.2) is 89.9 Å². The molecule has 1 heterocycles. The quantitative estimate of drug-likeness (QED) is 0.139. The summed E-state index contributed by atoms with van der Waals surface area (Å²) >= 11 is 7.83. The first-order chi connectivity index (χ1) is 16.6. The molecular formula is C28H20ClNO3S. The smallest absolute Gasteiger partial charge is 0.355 e. The average Bonchev–Trinajstić information content (AvgIpc) is 3.21. The molecule has 0 aliphatic heterocycles. The van der Waals surface area contributed by atoms with Crippen LogP contribution in [0, 0.1) is 0 Å². The van der Waals surface area contributed by atoms with E-state index in [1.165, 1.54) is 11.3 Å². The lowest BCUT2D eigenvalue weighted by molar-refractivity contribution is 0.0740. The number of aliphatic imine (C=N–C) groups is 1. The highest BCUT2D eigenvalue weighted by atomic mass is 35.5. The van der Waals surface area contributed by atoms with Crippen LogP contribution in [0.1, 0.15) is 22.2 Å². The highest BCUT2D eigenvalue weighted by molar-refractivity contribution is 7.21. The summed E-state index contributed by atoms with van der Waals surface area (Å²) in [4.78, 5) is 18.1. The fraction of sp³-hybridized carbons (Fsp3) is 0.0714. The third kappa shape index (κ3) is 4.40. The molecule has 0 N–H and O–H groups in total. The van der Waals surface area contributed by atoms with E-state index in [0.29, 0.717) is 22.3 Å². The Morgan fingerprint density at radius 3 is 2.44 bits per heavy atom. The number of carbonyl (C=O) groups is 1. The van der Waals surface area contributed by atoms with E-state index in [4.69, 9.17) is 21.1 Å². The third-order valence-electron chi connectivity index (χ3n) is 5.34. The van der Waals surface area contributed by atoms with Gasteiger partial charge in [-0.3, -0.25) is 4.99 Å². The van der Waals surface area contributed by atoms with Crippen molar-refractivity contribution in [2.75, 3.05) is 6.61 Å². The van der Waals surface area contributed by atoms with Crippen LogP contribution in [0.25, 0.3) is 20.9 Å². The maximum Gasteiger partial charge on any atom is 0.355 e. The molecular weight excluding hydrogens is 466 g/mol. The standard InChI is InChI=1S/C28H20ClNO3S/c1-2-32-20-14-12-19(13-15-20)30-17-23-21-8-4-3-7-18(21)11-16-24(23)33-28(31)27-26(29)22-9-5-6-10-25(22)34-27/h3-17H,2H2,1H3. The lowest BCUT2D eigenvalue weighted by Crippen LogP contribution is -2.09. The highest BCUT2D eigenvalue weighted by Crippen LogP contribution is 2.36. The normalized spacial score (nSPS) is 11.4. The summed E-state index contributed by atoms with van der Waals surface area (Å²) in [6.45, 7) is 2.55. The zero-order valence-corrected chi connectivity index (χ0v) is 19.9. The summed E-state index contributed by atoms with van der Waals surface area (Å²) < 4.78 is 12.3. The first kappa shape index (κ1) is 22.1. The van der Waals surface area contributed by atoms with Crippen LogP contribution in [0.4, 0.5) is 5.69 Å². The van der Waals surface area contributed by atoms with E-state index in [1.807, 2.05) is 85.8 Å². The van der Waals surface area contributed by atoms with E-state index in [1.54, 1.807) is 12.3 Å². The number of halogens is 1. The number of hydrogen-bond donors (Lipinski definition) is 0. The van der Waals surface area contributed by atoms with Gasteiger partial charge in [-0.25, -0.2) is 4.79 Å². The van der Waals surface area contributed by atoms with Gasteiger partial charge in [-0.05, 0) is 54.1 Å². The highest BCUT2D eigenvalue weighted by Gasteiger charge is 2.20. The number of fused-ring (bicyclic) bond motifs is 2. The number of ether oxygens (including phenoxy) is 2. The SMILES string of the molecule is CCOc1ccc(N=Cc2c(OC(=O)c3sc4ccccc4c3Cl)ccc3ccccc23)cc1. The number of benzene rings is 4. The Kier molecular flexibility index (Phi) is 6.30. The molecule has 0 spiro atoms. The zero-order valence-electron chi connectivity index (χ0n) is 18.3. The minimum Gasteiger partial charge on any atom is -0.494 e. The Balaban J connectivity index is 1.51. The number of esters is 1. The Hall–Kier alpha value is -3.67. The van der Waals surface area contributed by atoms with Crippen molar-refractivity contribution in [3.8, 4) is 11.5 Å². The second-order valence-electron chi connectivity index (χ2n) is 7.51. The minimum absolute atomic E-state index is 0.380. The monoisotopic (exact) mass is 485 g/mol. The molecule has 1 aromatic heterocycles. The maximum atomic E-state index is 13.1. The van der Waals surface area contributed by atoms with E-state index < -0.39 is 5.97 Å². The van der Waals surface area contributed by atoms with Crippen molar-refractivity contribution in [2.24, 2.45) is 4.99 Å². The molecule has 5 aromatic rings. The molecule has 0 bridgehead atoms.